The Labute approximate surface area is 392 Å². The first-order valence-electron chi connectivity index (χ1n) is 25.1. The zero-order valence-electron chi connectivity index (χ0n) is 39.7. The Kier molecular flexibility index (Phi) is 20.2. The molecule has 358 valence electrons. The number of anilines is 2. The molecule has 0 atom stereocenters. The third-order valence-corrected chi connectivity index (χ3v) is 13.7. The van der Waals surface area contributed by atoms with Crippen LogP contribution in [0.5, 0.6) is 0 Å². The fourth-order valence-electron chi connectivity index (χ4n) is 9.68. The number of pyridine rings is 2. The van der Waals surface area contributed by atoms with Crippen molar-refractivity contribution in [3.63, 3.8) is 0 Å². The van der Waals surface area contributed by atoms with Crippen LogP contribution in [0.4, 0.5) is 20.4 Å². The number of aromatic nitrogens is 2. The molecule has 0 unspecified atom stereocenters. The van der Waals surface area contributed by atoms with E-state index in [0.29, 0.717) is 12.8 Å². The summed E-state index contributed by atoms with van der Waals surface area (Å²) >= 11 is 0. The van der Waals surface area contributed by atoms with Crippen LogP contribution in [-0.4, -0.2) is 107 Å². The number of likely N-dealkylation sites (N-methyl/N-ethyl adjacent to an activating group) is 2. The Bertz CT molecular complexity index is 1970. The fourth-order valence-corrected chi connectivity index (χ4v) is 9.68. The summed E-state index contributed by atoms with van der Waals surface area (Å²) in [6.07, 6.45) is 17.6. The van der Waals surface area contributed by atoms with E-state index in [-0.39, 0.29) is 24.5 Å². The molecule has 2 aliphatic carbocycles. The molecule has 0 spiro atoms. The predicted molar refractivity (Wildman–Crippen MR) is 263 cm³/mol. The van der Waals surface area contributed by atoms with Crippen LogP contribution >= 0.6 is 0 Å². The predicted octanol–water partition coefficient (Wildman–Crippen LogP) is 10.9. The van der Waals surface area contributed by atoms with Gasteiger partial charge in [-0.05, 0) is 147 Å². The van der Waals surface area contributed by atoms with Crippen LogP contribution in [0.15, 0.2) is 60.7 Å². The Hall–Kier alpha value is -4.94. The smallest absolute Gasteiger partial charge is 0.303 e. The summed E-state index contributed by atoms with van der Waals surface area (Å²) in [5, 5.41) is 16.5. The molecule has 8 rings (SSSR count). The Morgan fingerprint density at radius 3 is 1.18 bits per heavy atom. The lowest BCUT2D eigenvalue weighted by Crippen LogP contribution is -2.46. The molecule has 10 nitrogen and oxygen atoms in total. The van der Waals surface area contributed by atoms with Crippen molar-refractivity contribution >= 4 is 23.6 Å². The molecule has 2 N–H and O–H groups in total. The second-order valence-corrected chi connectivity index (χ2v) is 18.3. The van der Waals surface area contributed by atoms with E-state index in [1.54, 1.807) is 24.3 Å². The first-order valence-corrected chi connectivity index (χ1v) is 25.1. The maximum atomic E-state index is 13.5. The van der Waals surface area contributed by atoms with E-state index in [0.717, 1.165) is 127 Å². The van der Waals surface area contributed by atoms with Gasteiger partial charge in [0.1, 0.15) is 23.3 Å². The van der Waals surface area contributed by atoms with Gasteiger partial charge >= 0.3 is 11.9 Å². The highest BCUT2D eigenvalue weighted by molar-refractivity contribution is 5.73. The van der Waals surface area contributed by atoms with Gasteiger partial charge in [0.2, 0.25) is 0 Å². The summed E-state index contributed by atoms with van der Waals surface area (Å²) in [6, 6.07) is 18.5. The number of piperazine rings is 2. The Morgan fingerprint density at radius 2 is 0.848 bits per heavy atom. The van der Waals surface area contributed by atoms with E-state index >= 15 is 0 Å². The van der Waals surface area contributed by atoms with Gasteiger partial charge in [-0.2, -0.15) is 0 Å². The average molecular weight is 909 g/mol. The summed E-state index contributed by atoms with van der Waals surface area (Å²) in [5.41, 5.74) is 10.1. The van der Waals surface area contributed by atoms with E-state index in [9.17, 15) is 18.4 Å². The van der Waals surface area contributed by atoms with Gasteiger partial charge in [0.15, 0.2) is 0 Å². The van der Waals surface area contributed by atoms with E-state index < -0.39 is 11.9 Å². The lowest BCUT2D eigenvalue weighted by molar-refractivity contribution is -0.138. The molecule has 2 saturated heterocycles. The number of aryl methyl sites for hydroxylation is 2. The van der Waals surface area contributed by atoms with Gasteiger partial charge in [-0.15, -0.1) is 0 Å². The number of carboxylic acid groups (broad SMARTS) is 2. The lowest BCUT2D eigenvalue weighted by Gasteiger charge is -2.35. The summed E-state index contributed by atoms with van der Waals surface area (Å²) in [4.78, 5) is 40.2. The van der Waals surface area contributed by atoms with Crippen molar-refractivity contribution in [3.8, 4) is 22.3 Å². The number of carboxylic acids is 2. The van der Waals surface area contributed by atoms with Crippen LogP contribution in [0.1, 0.15) is 126 Å². The minimum absolute atomic E-state index is 0.174. The molecule has 2 aliphatic heterocycles. The van der Waals surface area contributed by atoms with Crippen molar-refractivity contribution < 1.29 is 28.6 Å². The number of unbranched alkanes of at least 4 members (excludes halogenated alkanes) is 3. The molecule has 4 aliphatic rings. The highest BCUT2D eigenvalue weighted by Gasteiger charge is 2.23. The van der Waals surface area contributed by atoms with Crippen molar-refractivity contribution in [3.05, 3.63) is 94.8 Å². The van der Waals surface area contributed by atoms with E-state index in [1.165, 1.54) is 85.0 Å². The molecule has 4 aromatic rings. The van der Waals surface area contributed by atoms with Gasteiger partial charge in [-0.25, -0.2) is 18.7 Å². The molecule has 66 heavy (non-hydrogen) atoms. The molecule has 2 fully saturated rings. The molecule has 2 aromatic heterocycles. The summed E-state index contributed by atoms with van der Waals surface area (Å²) in [7, 11) is 0. The first kappa shape index (κ1) is 50.5. The second kappa shape index (κ2) is 26.4. The molecule has 0 radical (unpaired) electrons. The van der Waals surface area contributed by atoms with E-state index in [2.05, 4.69) is 45.6 Å². The zero-order valence-corrected chi connectivity index (χ0v) is 39.7. The van der Waals surface area contributed by atoms with Crippen molar-refractivity contribution in [1.29, 1.82) is 0 Å². The van der Waals surface area contributed by atoms with Crippen LogP contribution < -0.4 is 9.80 Å². The molecule has 2 aromatic carbocycles. The molecule has 4 heterocycles. The van der Waals surface area contributed by atoms with Crippen molar-refractivity contribution in [1.82, 2.24) is 19.8 Å². The molecule has 0 bridgehead atoms. The normalized spacial score (nSPS) is 17.0. The van der Waals surface area contributed by atoms with Crippen LogP contribution in [-0.2, 0) is 35.3 Å². The summed E-state index contributed by atoms with van der Waals surface area (Å²) < 4.78 is 27.0. The monoisotopic (exact) mass is 909 g/mol. The van der Waals surface area contributed by atoms with Crippen LogP contribution in [0.3, 0.4) is 0 Å². The highest BCUT2D eigenvalue weighted by atomic mass is 19.1. The Balaban J connectivity index is 0.000000177. The largest absolute Gasteiger partial charge is 0.481 e. The number of carbonyl (C=O) groups is 2. The summed E-state index contributed by atoms with van der Waals surface area (Å²) in [5.74, 6) is 0.286. The Morgan fingerprint density at radius 1 is 0.500 bits per heavy atom. The zero-order chi connectivity index (χ0) is 46.7. The van der Waals surface area contributed by atoms with Crippen LogP contribution in [0.2, 0.25) is 0 Å². The number of rotatable bonds is 13. The quantitative estimate of drug-likeness (QED) is 0.126. The minimum Gasteiger partial charge on any atom is -0.481 e. The average Bonchev–Trinajstić information content (AvgIpc) is 3.31. The van der Waals surface area contributed by atoms with Gasteiger partial charge < -0.3 is 29.8 Å². The maximum absolute atomic E-state index is 13.5. The lowest BCUT2D eigenvalue weighted by atomic mass is 9.90. The summed E-state index contributed by atoms with van der Waals surface area (Å²) in [6.45, 7) is 15.2. The molecular formula is C54H74F2N6O4. The fraction of sp³-hybridized carbons (Fsp3) is 0.556. The molecular weight excluding hydrogens is 835 g/mol. The number of benzene rings is 2. The van der Waals surface area contributed by atoms with Gasteiger partial charge in [0.05, 0.1) is 0 Å². The number of hydrogen-bond acceptors (Lipinski definition) is 8. The van der Waals surface area contributed by atoms with E-state index in [1.807, 2.05) is 24.3 Å². The highest BCUT2D eigenvalue weighted by Crippen LogP contribution is 2.35. The SMILES string of the molecule is CCN1CCN(c2cc(-c3ccc(F)cc3)c3c(n2)CCCCCC3)CC1.CCN1CCN(c2cc(-c3ccc(F)cc3)c3c(n2)CCCCCC3)CC1.O=C(O)CCCCCCC(=O)O. The first-order chi connectivity index (χ1) is 32.1. The van der Waals surface area contributed by atoms with Crippen molar-refractivity contribution in [2.75, 3.05) is 75.2 Å². The number of aliphatic carboxylic acids is 2. The third kappa shape index (κ3) is 15.3. The number of halogens is 2. The molecule has 12 heteroatoms. The van der Waals surface area contributed by atoms with Gasteiger partial charge in [0.25, 0.3) is 0 Å². The van der Waals surface area contributed by atoms with Crippen LogP contribution in [0, 0.1) is 11.6 Å². The second-order valence-electron chi connectivity index (χ2n) is 18.3. The maximum Gasteiger partial charge on any atom is 0.303 e. The van der Waals surface area contributed by atoms with E-state index in [4.69, 9.17) is 20.2 Å². The van der Waals surface area contributed by atoms with Crippen molar-refractivity contribution in [2.24, 2.45) is 0 Å². The van der Waals surface area contributed by atoms with Gasteiger partial charge in [-0.3, -0.25) is 9.59 Å². The van der Waals surface area contributed by atoms with Gasteiger partial charge in [-0.1, -0.05) is 76.6 Å². The van der Waals surface area contributed by atoms with Crippen molar-refractivity contribution in [2.45, 2.75) is 129 Å². The topological polar surface area (TPSA) is 113 Å². The number of nitrogens with zero attached hydrogens (tertiary/aromatic N) is 6. The minimum atomic E-state index is -0.784. The van der Waals surface area contributed by atoms with Gasteiger partial charge in [0, 0.05) is 76.6 Å². The number of hydrogen-bond donors (Lipinski definition) is 2. The third-order valence-electron chi connectivity index (χ3n) is 13.7. The van der Waals surface area contributed by atoms with Crippen LogP contribution in [0.25, 0.3) is 22.3 Å². The standard InChI is InChI=1S/2C23H30FN3.C8H14O4/c2*1-2-26-13-15-27(16-14-26)23-17-21(18-9-11-19(24)12-10-18)20-7-5-3-4-6-8-22(20)25-23;9-7(10)5-3-1-2-4-6-8(11)12/h2*9-12,17H,2-8,13-16H2,1H3;1-6H2,(H,9,10)(H,11,12). The molecule has 0 saturated carbocycles. The number of fused-ring (bicyclic) bond motifs is 2. The molecule has 0 amide bonds.